The average Bonchev–Trinajstić information content (AvgIpc) is 3.00. The Morgan fingerprint density at radius 2 is 1.90 bits per heavy atom. The topological polar surface area (TPSA) is 64.4 Å². The molecule has 0 saturated heterocycles. The molecule has 0 bridgehead atoms. The van der Waals surface area contributed by atoms with Gasteiger partial charge in [-0.3, -0.25) is 4.79 Å². The highest BCUT2D eigenvalue weighted by Crippen LogP contribution is 2.20. The highest BCUT2D eigenvalue weighted by Gasteiger charge is 2.14. The molecule has 1 amide bonds. The molecule has 1 aromatic carbocycles. The Morgan fingerprint density at radius 1 is 1.24 bits per heavy atom. The number of ether oxygens (including phenoxy) is 1. The van der Waals surface area contributed by atoms with Gasteiger partial charge in [0.25, 0.3) is 5.91 Å². The predicted octanol–water partition coefficient (Wildman–Crippen LogP) is 2.65. The van der Waals surface area contributed by atoms with Gasteiger partial charge in [-0.1, -0.05) is 25.0 Å². The van der Waals surface area contributed by atoms with Gasteiger partial charge in [0.05, 0.1) is 6.10 Å². The number of nitrogens with two attached hydrogens (primary N) is 1. The Kier molecular flexibility index (Phi) is 8.35. The zero-order valence-corrected chi connectivity index (χ0v) is 13.2. The largest absolute Gasteiger partial charge is 0.378 e. The smallest absolute Gasteiger partial charge is 0.251 e. The van der Waals surface area contributed by atoms with Crippen LogP contribution in [0.5, 0.6) is 0 Å². The third-order valence-electron chi connectivity index (χ3n) is 3.71. The lowest BCUT2D eigenvalue weighted by molar-refractivity contribution is 0.0565. The van der Waals surface area contributed by atoms with Crippen LogP contribution in [-0.4, -0.2) is 25.2 Å². The molecule has 0 radical (unpaired) electrons. The van der Waals surface area contributed by atoms with Crippen molar-refractivity contribution in [2.24, 2.45) is 5.73 Å². The molecule has 21 heavy (non-hydrogen) atoms. The maximum atomic E-state index is 11.9. The maximum absolute atomic E-state index is 11.9. The number of halogens is 1. The molecule has 0 spiro atoms. The summed E-state index contributed by atoms with van der Waals surface area (Å²) in [4.78, 5) is 11.9. The van der Waals surface area contributed by atoms with Crippen LogP contribution >= 0.6 is 12.4 Å². The highest BCUT2D eigenvalue weighted by atomic mass is 35.5. The van der Waals surface area contributed by atoms with Crippen LogP contribution in [0.4, 0.5) is 0 Å². The van der Waals surface area contributed by atoms with Gasteiger partial charge in [0.2, 0.25) is 0 Å². The lowest BCUT2D eigenvalue weighted by Crippen LogP contribution is -2.25. The molecule has 0 heterocycles. The minimum absolute atomic E-state index is 0. The average molecular weight is 313 g/mol. The number of benzene rings is 1. The molecular formula is C16H25ClN2O2. The van der Waals surface area contributed by atoms with Crippen molar-refractivity contribution in [1.29, 1.82) is 0 Å². The highest BCUT2D eigenvalue weighted by molar-refractivity contribution is 5.94. The van der Waals surface area contributed by atoms with Crippen LogP contribution in [0.25, 0.3) is 0 Å². The summed E-state index contributed by atoms with van der Waals surface area (Å²) in [6.07, 6.45) is 6.29. The zero-order valence-electron chi connectivity index (χ0n) is 12.3. The number of nitrogens with one attached hydrogen (secondary N) is 1. The van der Waals surface area contributed by atoms with Crippen molar-refractivity contribution in [1.82, 2.24) is 5.32 Å². The number of hydrogen-bond donors (Lipinski definition) is 2. The summed E-state index contributed by atoms with van der Waals surface area (Å²) in [6, 6.07) is 7.40. The van der Waals surface area contributed by atoms with Crippen LogP contribution in [0, 0.1) is 0 Å². The summed E-state index contributed by atoms with van der Waals surface area (Å²) >= 11 is 0. The molecule has 3 N–H and O–H groups in total. The number of rotatable bonds is 7. The van der Waals surface area contributed by atoms with E-state index in [1.54, 1.807) is 0 Å². The first kappa shape index (κ1) is 18.0. The molecule has 0 aromatic heterocycles. The van der Waals surface area contributed by atoms with E-state index in [1.807, 2.05) is 24.3 Å². The van der Waals surface area contributed by atoms with Gasteiger partial charge < -0.3 is 15.8 Å². The van der Waals surface area contributed by atoms with E-state index in [2.05, 4.69) is 5.32 Å². The third kappa shape index (κ3) is 6.04. The van der Waals surface area contributed by atoms with Crippen LogP contribution in [0.2, 0.25) is 0 Å². The molecule has 0 unspecified atom stereocenters. The van der Waals surface area contributed by atoms with Crippen molar-refractivity contribution in [2.75, 3.05) is 13.2 Å². The first-order valence-corrected chi connectivity index (χ1v) is 7.48. The normalized spacial score (nSPS) is 14.7. The van der Waals surface area contributed by atoms with Crippen molar-refractivity contribution in [2.45, 2.75) is 44.8 Å². The molecule has 5 heteroatoms. The van der Waals surface area contributed by atoms with Crippen molar-refractivity contribution >= 4 is 18.3 Å². The second-order valence-corrected chi connectivity index (χ2v) is 5.29. The lowest BCUT2D eigenvalue weighted by Gasteiger charge is -2.11. The third-order valence-corrected chi connectivity index (χ3v) is 3.71. The summed E-state index contributed by atoms with van der Waals surface area (Å²) < 4.78 is 5.76. The maximum Gasteiger partial charge on any atom is 0.251 e. The lowest BCUT2D eigenvalue weighted by atomic mass is 10.1. The molecule has 1 fully saturated rings. The van der Waals surface area contributed by atoms with E-state index < -0.39 is 0 Å². The van der Waals surface area contributed by atoms with Gasteiger partial charge in [-0.25, -0.2) is 0 Å². The van der Waals surface area contributed by atoms with Gasteiger partial charge in [-0.05, 0) is 37.0 Å². The molecule has 1 aromatic rings. The fraction of sp³-hybridized carbons (Fsp3) is 0.562. The monoisotopic (exact) mass is 312 g/mol. The number of carbonyl (C=O) groups is 1. The molecule has 2 rings (SSSR count). The fourth-order valence-corrected chi connectivity index (χ4v) is 2.47. The van der Waals surface area contributed by atoms with E-state index in [4.69, 9.17) is 10.5 Å². The van der Waals surface area contributed by atoms with Crippen LogP contribution in [0.15, 0.2) is 24.3 Å². The van der Waals surface area contributed by atoms with E-state index in [0.717, 1.165) is 18.6 Å². The molecule has 118 valence electrons. The van der Waals surface area contributed by atoms with Gasteiger partial charge in [0, 0.05) is 25.3 Å². The van der Waals surface area contributed by atoms with Gasteiger partial charge in [0.1, 0.15) is 0 Å². The van der Waals surface area contributed by atoms with Gasteiger partial charge in [-0.2, -0.15) is 0 Å². The zero-order chi connectivity index (χ0) is 14.2. The van der Waals surface area contributed by atoms with Crippen molar-refractivity contribution in [3.63, 3.8) is 0 Å². The Labute approximate surface area is 132 Å². The van der Waals surface area contributed by atoms with E-state index in [9.17, 15) is 4.79 Å². The first-order chi connectivity index (χ1) is 9.79. The van der Waals surface area contributed by atoms with E-state index in [-0.39, 0.29) is 18.3 Å². The second-order valence-electron chi connectivity index (χ2n) is 5.29. The molecule has 1 aliphatic carbocycles. The Bertz CT molecular complexity index is 417. The molecule has 1 saturated carbocycles. The van der Waals surface area contributed by atoms with Crippen molar-refractivity contribution in [3.8, 4) is 0 Å². The van der Waals surface area contributed by atoms with Crippen LogP contribution in [-0.2, 0) is 11.3 Å². The minimum Gasteiger partial charge on any atom is -0.378 e. The first-order valence-electron chi connectivity index (χ1n) is 7.48. The molecular weight excluding hydrogens is 288 g/mol. The number of carbonyl (C=O) groups excluding carboxylic acids is 1. The van der Waals surface area contributed by atoms with Crippen molar-refractivity contribution < 1.29 is 9.53 Å². The SMILES string of the molecule is Cl.NCc1ccc(C(=O)NCCCOC2CCCC2)cc1. The minimum atomic E-state index is -0.0329. The standard InChI is InChI=1S/C16H24N2O2.ClH/c17-12-13-6-8-14(9-7-13)16(19)18-10-3-11-20-15-4-1-2-5-15;/h6-9,15H,1-5,10-12,17H2,(H,18,19);1H. The van der Waals surface area contributed by atoms with Crippen LogP contribution in [0.1, 0.15) is 48.0 Å². The van der Waals surface area contributed by atoms with E-state index in [0.29, 0.717) is 24.8 Å². The Balaban J connectivity index is 0.00000220. The molecule has 1 aliphatic rings. The van der Waals surface area contributed by atoms with Gasteiger partial charge in [-0.15, -0.1) is 12.4 Å². The molecule has 4 nitrogen and oxygen atoms in total. The van der Waals surface area contributed by atoms with Gasteiger partial charge in [0.15, 0.2) is 0 Å². The summed E-state index contributed by atoms with van der Waals surface area (Å²) in [5, 5.41) is 2.91. The summed E-state index contributed by atoms with van der Waals surface area (Å²) in [5.74, 6) is -0.0329. The van der Waals surface area contributed by atoms with Crippen LogP contribution in [0.3, 0.4) is 0 Å². The summed E-state index contributed by atoms with van der Waals surface area (Å²) in [7, 11) is 0. The molecule has 0 atom stereocenters. The van der Waals surface area contributed by atoms with E-state index in [1.165, 1.54) is 25.7 Å². The Hall–Kier alpha value is -1.10. The fourth-order valence-electron chi connectivity index (χ4n) is 2.47. The summed E-state index contributed by atoms with van der Waals surface area (Å²) in [5.41, 5.74) is 7.24. The van der Waals surface area contributed by atoms with Crippen molar-refractivity contribution in [3.05, 3.63) is 35.4 Å². The predicted molar refractivity (Wildman–Crippen MR) is 86.7 cm³/mol. The summed E-state index contributed by atoms with van der Waals surface area (Å²) in [6.45, 7) is 1.89. The number of hydrogen-bond acceptors (Lipinski definition) is 3. The quantitative estimate of drug-likeness (QED) is 0.761. The Morgan fingerprint density at radius 3 is 2.52 bits per heavy atom. The van der Waals surface area contributed by atoms with E-state index >= 15 is 0 Å². The van der Waals surface area contributed by atoms with Gasteiger partial charge >= 0.3 is 0 Å². The second kappa shape index (κ2) is 9.77. The molecule has 0 aliphatic heterocycles. The number of amides is 1. The van der Waals surface area contributed by atoms with Crippen LogP contribution < -0.4 is 11.1 Å².